The van der Waals surface area contributed by atoms with Crippen molar-refractivity contribution in [1.29, 1.82) is 0 Å². The third-order valence-corrected chi connectivity index (χ3v) is 15.9. The number of benzene rings is 12. The van der Waals surface area contributed by atoms with Crippen LogP contribution in [0.1, 0.15) is 44.5 Å². The zero-order valence-corrected chi connectivity index (χ0v) is 37.8. The van der Waals surface area contributed by atoms with E-state index >= 15 is 0 Å². The Morgan fingerprint density at radius 3 is 1.35 bits per heavy atom. The van der Waals surface area contributed by atoms with Gasteiger partial charge in [-0.2, -0.15) is 0 Å². The fourth-order valence-corrected chi connectivity index (χ4v) is 13.3. The van der Waals surface area contributed by atoms with Gasteiger partial charge in [-0.3, -0.25) is 0 Å². The fourth-order valence-electron chi connectivity index (χ4n) is 13.3. The summed E-state index contributed by atoms with van der Waals surface area (Å²) in [4.78, 5) is 2.49. The second-order valence-electron chi connectivity index (χ2n) is 19.0. The summed E-state index contributed by atoms with van der Waals surface area (Å²) in [5, 5.41) is 7.59. The zero-order chi connectivity index (χ0) is 45.3. The predicted molar refractivity (Wildman–Crippen MR) is 287 cm³/mol. The third kappa shape index (κ3) is 5.04. The van der Waals surface area contributed by atoms with Gasteiger partial charge in [0.15, 0.2) is 0 Å². The van der Waals surface area contributed by atoms with Crippen molar-refractivity contribution in [3.63, 3.8) is 0 Å². The SMILES string of the molecule is c1ccc(-c2ccc(N(c3ccc4c(c3)C3(c5ccccc5-4)c4ccccc4C4(c5ccccc5)c5ccccc5-c5cccc3c54)c3ccc4c5ccccc5c5ccccc5c4c3)cc2)cc1. The van der Waals surface area contributed by atoms with Crippen LogP contribution in [-0.4, -0.2) is 0 Å². The second kappa shape index (κ2) is 14.4. The quantitative estimate of drug-likeness (QED) is 0.156. The van der Waals surface area contributed by atoms with Crippen molar-refractivity contribution in [2.75, 3.05) is 4.90 Å². The summed E-state index contributed by atoms with van der Waals surface area (Å²) in [5.41, 5.74) is 20.5. The summed E-state index contributed by atoms with van der Waals surface area (Å²) >= 11 is 0. The average Bonchev–Trinajstić information content (AvgIpc) is 3.90. The maximum atomic E-state index is 2.54. The van der Waals surface area contributed by atoms with Crippen molar-refractivity contribution in [2.45, 2.75) is 10.8 Å². The minimum atomic E-state index is -0.606. The van der Waals surface area contributed by atoms with Crippen LogP contribution in [-0.2, 0) is 10.8 Å². The Morgan fingerprint density at radius 1 is 0.232 bits per heavy atom. The van der Waals surface area contributed by atoms with E-state index in [1.54, 1.807) is 0 Å². The summed E-state index contributed by atoms with van der Waals surface area (Å²) in [6.07, 6.45) is 0. The number of hydrogen-bond acceptors (Lipinski definition) is 1. The Hall–Kier alpha value is -8.78. The van der Waals surface area contributed by atoms with Gasteiger partial charge in [0.1, 0.15) is 0 Å². The molecular weight excluding hydrogens is 831 g/mol. The molecule has 2 unspecified atom stereocenters. The fraction of sp³-hybridized carbons (Fsp3) is 0.0294. The van der Waals surface area contributed by atoms with Crippen molar-refractivity contribution in [1.82, 2.24) is 0 Å². The van der Waals surface area contributed by atoms with Gasteiger partial charge in [0, 0.05) is 17.1 Å². The van der Waals surface area contributed by atoms with Crippen LogP contribution in [0.25, 0.3) is 65.7 Å². The van der Waals surface area contributed by atoms with Crippen LogP contribution in [0.4, 0.5) is 17.1 Å². The molecule has 0 N–H and O–H groups in total. The van der Waals surface area contributed by atoms with E-state index < -0.39 is 10.8 Å². The number of fused-ring (bicyclic) bond motifs is 18. The molecule has 0 saturated heterocycles. The molecule has 15 rings (SSSR count). The lowest BCUT2D eigenvalue weighted by Gasteiger charge is -2.48. The molecule has 0 saturated carbocycles. The first-order chi connectivity index (χ1) is 34.2. The lowest BCUT2D eigenvalue weighted by Crippen LogP contribution is -2.43. The van der Waals surface area contributed by atoms with Gasteiger partial charge in [-0.05, 0) is 147 Å². The van der Waals surface area contributed by atoms with Gasteiger partial charge >= 0.3 is 0 Å². The highest BCUT2D eigenvalue weighted by Gasteiger charge is 2.59. The Balaban J connectivity index is 1.02. The van der Waals surface area contributed by atoms with E-state index in [1.807, 2.05) is 0 Å². The molecule has 0 fully saturated rings. The first-order valence-electron chi connectivity index (χ1n) is 24.2. The van der Waals surface area contributed by atoms with E-state index in [1.165, 1.54) is 110 Å². The van der Waals surface area contributed by atoms with E-state index in [4.69, 9.17) is 0 Å². The van der Waals surface area contributed by atoms with Crippen LogP contribution >= 0.6 is 0 Å². The van der Waals surface area contributed by atoms with Crippen molar-refractivity contribution in [3.8, 4) is 33.4 Å². The molecule has 3 aliphatic rings. The predicted octanol–water partition coefficient (Wildman–Crippen LogP) is 17.3. The lowest BCUT2D eigenvalue weighted by atomic mass is 9.52. The molecule has 0 radical (unpaired) electrons. The van der Waals surface area contributed by atoms with E-state index in [0.29, 0.717) is 0 Å². The maximum Gasteiger partial charge on any atom is 0.0720 e. The molecule has 12 aromatic carbocycles. The van der Waals surface area contributed by atoms with Crippen LogP contribution in [0, 0.1) is 0 Å². The van der Waals surface area contributed by atoms with Gasteiger partial charge < -0.3 is 4.90 Å². The van der Waals surface area contributed by atoms with Crippen molar-refractivity contribution in [2.24, 2.45) is 0 Å². The van der Waals surface area contributed by atoms with Crippen LogP contribution in [0.5, 0.6) is 0 Å². The van der Waals surface area contributed by atoms with Gasteiger partial charge in [-0.1, -0.05) is 224 Å². The number of nitrogens with zero attached hydrogens (tertiary/aromatic N) is 1. The van der Waals surface area contributed by atoms with E-state index in [9.17, 15) is 0 Å². The van der Waals surface area contributed by atoms with Gasteiger partial charge in [0.05, 0.1) is 10.8 Å². The number of hydrogen-bond donors (Lipinski definition) is 0. The summed E-state index contributed by atoms with van der Waals surface area (Å²) < 4.78 is 0. The van der Waals surface area contributed by atoms with Gasteiger partial charge in [0.2, 0.25) is 0 Å². The summed E-state index contributed by atoms with van der Waals surface area (Å²) in [6.45, 7) is 0. The van der Waals surface area contributed by atoms with Gasteiger partial charge in [0.25, 0.3) is 0 Å². The van der Waals surface area contributed by atoms with Crippen LogP contribution in [0.15, 0.2) is 261 Å². The topological polar surface area (TPSA) is 3.24 Å². The molecule has 1 nitrogen and oxygen atoms in total. The van der Waals surface area contributed by atoms with Crippen LogP contribution in [0.3, 0.4) is 0 Å². The molecule has 69 heavy (non-hydrogen) atoms. The monoisotopic (exact) mass is 873 g/mol. The summed E-state index contributed by atoms with van der Waals surface area (Å²) in [7, 11) is 0. The highest BCUT2D eigenvalue weighted by Crippen LogP contribution is 2.68. The molecule has 1 spiro atoms. The summed E-state index contributed by atoms with van der Waals surface area (Å²) in [6, 6.07) is 98.2. The Labute approximate surface area is 401 Å². The normalized spacial score (nSPS) is 16.8. The lowest BCUT2D eigenvalue weighted by molar-refractivity contribution is 0.636. The Morgan fingerprint density at radius 2 is 0.667 bits per heavy atom. The highest BCUT2D eigenvalue weighted by atomic mass is 15.1. The first-order valence-corrected chi connectivity index (χ1v) is 24.2. The van der Waals surface area contributed by atoms with E-state index in [0.717, 1.165) is 17.1 Å². The molecule has 3 aliphatic carbocycles. The molecule has 0 aromatic heterocycles. The van der Waals surface area contributed by atoms with Crippen LogP contribution in [0.2, 0.25) is 0 Å². The molecule has 12 aromatic rings. The van der Waals surface area contributed by atoms with E-state index in [2.05, 4.69) is 266 Å². The van der Waals surface area contributed by atoms with Gasteiger partial charge in [-0.25, -0.2) is 0 Å². The molecule has 2 atom stereocenters. The molecular formula is C68H43N. The van der Waals surface area contributed by atoms with E-state index in [-0.39, 0.29) is 0 Å². The molecule has 0 aliphatic heterocycles. The average molecular weight is 874 g/mol. The molecule has 0 bridgehead atoms. The first kappa shape index (κ1) is 38.3. The van der Waals surface area contributed by atoms with Crippen molar-refractivity contribution < 1.29 is 0 Å². The smallest absolute Gasteiger partial charge is 0.0720 e. The minimum absolute atomic E-state index is 0.495. The maximum absolute atomic E-state index is 2.54. The largest absolute Gasteiger partial charge is 0.310 e. The van der Waals surface area contributed by atoms with Crippen molar-refractivity contribution >= 4 is 49.4 Å². The summed E-state index contributed by atoms with van der Waals surface area (Å²) in [5.74, 6) is 0. The molecule has 1 heteroatoms. The van der Waals surface area contributed by atoms with Gasteiger partial charge in [-0.15, -0.1) is 0 Å². The zero-order valence-electron chi connectivity index (χ0n) is 37.8. The van der Waals surface area contributed by atoms with Crippen molar-refractivity contribution in [3.05, 3.63) is 305 Å². The Kier molecular flexibility index (Phi) is 7.98. The highest BCUT2D eigenvalue weighted by molar-refractivity contribution is 6.25. The Bertz CT molecular complexity index is 4040. The van der Waals surface area contributed by atoms with Crippen LogP contribution < -0.4 is 4.90 Å². The number of rotatable bonds is 5. The minimum Gasteiger partial charge on any atom is -0.310 e. The second-order valence-corrected chi connectivity index (χ2v) is 19.0. The standard InChI is InChI=1S/C68H43N/c1-3-18-44(19-4-1)45-34-36-47(37-35-45)69(48-38-40-54-52-24-8-7-22-50(52)51-23-9-10-25-53(51)59(54)42-48)49-39-41-57-55-26-11-14-30-61(55)68(65(57)43-49)63-32-16-15-31-62(63)67(46-20-5-2-6-21-46)60-29-13-12-27-56(60)58-28-17-33-64(68)66(58)67/h1-43H. The number of anilines is 3. The molecule has 0 amide bonds. The molecule has 320 valence electrons. The third-order valence-electron chi connectivity index (χ3n) is 15.9. The molecule has 0 heterocycles.